The van der Waals surface area contributed by atoms with Crippen LogP contribution in [-0.4, -0.2) is 102 Å². The molecule has 2 amide bonds. The Morgan fingerprint density at radius 1 is 0.661 bits per heavy atom. The van der Waals surface area contributed by atoms with E-state index in [0.29, 0.717) is 62.1 Å². The molecule has 1 aliphatic rings. The van der Waals surface area contributed by atoms with Crippen molar-refractivity contribution in [1.82, 2.24) is 20.2 Å². The number of Topliss-reactive ketones (excluding diaryl/α,β-unsaturated/α-hetero) is 3. The molecule has 0 saturated carbocycles. The third kappa shape index (κ3) is 23.9. The predicted octanol–water partition coefficient (Wildman–Crippen LogP) is 17.1. The molecule has 16 nitrogen and oxygen atoms in total. The number of nitrogens with one attached hydrogen (secondary N) is 1. The molecule has 7 N–H and O–H groups in total. The zero-order chi connectivity index (χ0) is 78.9. The van der Waals surface area contributed by atoms with E-state index < -0.39 is 46.8 Å². The monoisotopic (exact) mass is 1680 g/mol. The minimum absolute atomic E-state index is 0.0322. The molecule has 1 aromatic heterocycles. The Bertz CT molecular complexity index is 4460. The molecule has 0 aliphatic carbocycles. The van der Waals surface area contributed by atoms with Gasteiger partial charge in [0.05, 0.1) is 29.1 Å². The summed E-state index contributed by atoms with van der Waals surface area (Å²) in [6.07, 6.45) is 13.1. The maximum atomic E-state index is 14.8. The molecule has 0 spiro atoms. The second-order valence-electron chi connectivity index (χ2n) is 26.5. The summed E-state index contributed by atoms with van der Waals surface area (Å²) in [6, 6.07) is 66.4. The van der Waals surface area contributed by atoms with Crippen LogP contribution in [0.1, 0.15) is 139 Å². The first-order chi connectivity index (χ1) is 52.6. The summed E-state index contributed by atoms with van der Waals surface area (Å²) < 4.78 is 14.4. The van der Waals surface area contributed by atoms with Crippen molar-refractivity contribution >= 4 is 116 Å². The maximum absolute atomic E-state index is 14.8. The van der Waals surface area contributed by atoms with Gasteiger partial charge in [0.15, 0.2) is 23.2 Å². The number of carbonyl (C=O) groups excluding carboxylic acids is 6. The van der Waals surface area contributed by atoms with Crippen molar-refractivity contribution in [2.75, 3.05) is 46.1 Å². The van der Waals surface area contributed by atoms with E-state index in [-0.39, 0.29) is 82.9 Å². The van der Waals surface area contributed by atoms with Crippen LogP contribution in [0.5, 0.6) is 11.5 Å². The van der Waals surface area contributed by atoms with Crippen molar-refractivity contribution in [1.29, 1.82) is 5.26 Å². The molecule has 0 unspecified atom stereocenters. The second-order valence-corrected chi connectivity index (χ2v) is 37.4. The summed E-state index contributed by atoms with van der Waals surface area (Å²) in [7, 11) is 1.50. The van der Waals surface area contributed by atoms with Gasteiger partial charge in [-0.05, 0) is 117 Å². The van der Waals surface area contributed by atoms with Crippen molar-refractivity contribution in [2.24, 2.45) is 29.0 Å². The molecular weight excluding hydrogens is 1580 g/mol. The van der Waals surface area contributed by atoms with Crippen LogP contribution in [0.15, 0.2) is 221 Å². The van der Waals surface area contributed by atoms with Crippen LogP contribution in [0.2, 0.25) is 0 Å². The fraction of sp³-hybridized carbons (Fsp3) is 0.292. The number of fused-ring (bicyclic) bond motifs is 5. The van der Waals surface area contributed by atoms with Gasteiger partial charge in [-0.15, -0.1) is 0 Å². The van der Waals surface area contributed by atoms with Gasteiger partial charge in [-0.2, -0.15) is 5.26 Å². The Morgan fingerprint density at radius 3 is 1.61 bits per heavy atom. The smallest absolute Gasteiger partial charge is 0.150 e. The summed E-state index contributed by atoms with van der Waals surface area (Å²) in [6.45, 7) is 12.4. The number of ketones is 3. The summed E-state index contributed by atoms with van der Waals surface area (Å²) in [5.41, 5.74) is 25.0. The molecule has 2 heterocycles. The average Bonchev–Trinajstić information content (AvgIpc) is 0.708. The summed E-state index contributed by atoms with van der Waals surface area (Å²) in [5, 5.41) is 13.7. The van der Waals surface area contributed by atoms with E-state index >= 15 is 0 Å². The van der Waals surface area contributed by atoms with Crippen LogP contribution in [0.4, 0.5) is 0 Å². The minimum Gasteiger partial charge on any atom is -0.298 e. The average molecular weight is 1680 g/mol. The van der Waals surface area contributed by atoms with Crippen molar-refractivity contribution in [3.63, 3.8) is 0 Å². The van der Waals surface area contributed by atoms with Crippen LogP contribution in [0, 0.1) is 37.0 Å². The van der Waals surface area contributed by atoms with Crippen LogP contribution >= 0.6 is 52.7 Å². The molecule has 4 atom stereocenters. The Morgan fingerprint density at radius 2 is 1.15 bits per heavy atom. The number of nitrogens with zero attached hydrogens (tertiary/aromatic N) is 4. The minimum atomic E-state index is -2.62. The molecular formula is C89H100Br3N8O8P. The van der Waals surface area contributed by atoms with Gasteiger partial charge in [-0.3, -0.25) is 28.8 Å². The normalized spacial score (nSPS) is 14.8. The number of rotatable bonds is 27. The number of aldehydes is 1. The largest absolute Gasteiger partial charge is 0.298 e. The van der Waals surface area contributed by atoms with E-state index in [1.807, 2.05) is 54.6 Å². The Hall–Kier alpha value is -9.22. The van der Waals surface area contributed by atoms with E-state index in [1.165, 1.54) is 33.4 Å². The summed E-state index contributed by atoms with van der Waals surface area (Å²) in [5.74, 6) is -2.70. The van der Waals surface area contributed by atoms with E-state index in [4.69, 9.17) is 36.6 Å². The Balaban J connectivity index is 0.000000305. The fourth-order valence-corrected chi connectivity index (χ4v) is 21.7. The molecule has 20 heteroatoms. The quantitative estimate of drug-likeness (QED) is 0.0212. The van der Waals surface area contributed by atoms with Crippen LogP contribution < -0.4 is 47.9 Å². The van der Waals surface area contributed by atoms with Gasteiger partial charge >= 0.3 is 147 Å². The molecule has 109 heavy (non-hydrogen) atoms. The molecule has 0 saturated heterocycles. The molecule has 1 aliphatic heterocycles. The van der Waals surface area contributed by atoms with Gasteiger partial charge in [0.1, 0.15) is 37.0 Å². The standard InChI is InChI=1S/C51H62N8O7.C21H22BrP.C10H11Br.C7H5BrO/c1-6-7-9-34-11-14-36(15-12-34)49-56-32(3)47(33(4)57-49)43(61)30-38(19-21-53)51(64)59(5)48-37-16-18-46(66-25-23-55)40(29-37)39-27-35(13-17-45(39)65-24-22-54)28-41(42(60)10-8-20-52)58-50(63)31(2)26-44(48)62;1-2-18-23(22,19-12-6-3-7-13-19,20-14-8-4-9-15-20)21-16-10-5-11-17-21;1-2-3-4-9-5-7-10(11)8-6-9;8-7-3-1-6(5-9)2-4-7/h7,9,11-18,27,29,31,38,41,48H,6,8,10,19,21-26,28,30,53-55H2,1-5H3,(H,58,63);3-17H,2,18H2,1H3;3-8H,2H2,1H3;1-5H/b9-7+;;4-3+;/t31-,38-,41+,48+;;;/m1.../s1. The number of nitrogens with two attached hydrogens (primary N) is 3. The van der Waals surface area contributed by atoms with Gasteiger partial charge in [0.2, 0.25) is 11.8 Å². The number of benzene rings is 8. The number of likely N-dealkylation sites (N-methyl/N-ethyl adjacent to an activating group) is 1. The van der Waals surface area contributed by atoms with Gasteiger partial charge in [0, 0.05) is 88.9 Å². The van der Waals surface area contributed by atoms with Crippen LogP contribution in [0.3, 0.4) is 0 Å². The second kappa shape index (κ2) is 43.8. The number of halogens is 3. The Labute approximate surface area is 667 Å². The molecule has 8 aromatic carbocycles. The number of allylic oxidation sites excluding steroid dienone is 2. The van der Waals surface area contributed by atoms with Crippen molar-refractivity contribution in [3.05, 3.63) is 266 Å². The SMILES string of the molecule is CC/C=C/c1ccc(-c2nc(C)c(C(=O)C[C@@H](CCN)C(=O)N(C)[C@@H]3C(=O)C[C@@H](C)C(=O)N[C@H](C(=O)CCC#N)Cc4ccc(OCCN)c(c4)-c4cc3ccc4OCCN)c(C)n2)cc1.CC/C=C/c1ccc(Br)cc1.CCCP(Br)(c1ccccc1)(c1ccccc1)c1ccccc1.O=Cc1ccc(Br)cc1. The van der Waals surface area contributed by atoms with Crippen molar-refractivity contribution < 1.29 is 38.2 Å². The first-order valence-electron chi connectivity index (χ1n) is 36.9. The number of hydrogen-bond donors (Lipinski definition) is 4. The zero-order valence-electron chi connectivity index (χ0n) is 63.2. The topological polar surface area (TPSA) is 264 Å². The zero-order valence-corrected chi connectivity index (χ0v) is 68.9. The number of amides is 2. The van der Waals surface area contributed by atoms with Crippen LogP contribution in [0.25, 0.3) is 34.7 Å². The third-order valence-electron chi connectivity index (χ3n) is 18.5. The van der Waals surface area contributed by atoms with E-state index in [2.05, 4.69) is 207 Å². The Kier molecular flexibility index (Phi) is 35.0. The van der Waals surface area contributed by atoms with Crippen molar-refractivity contribution in [2.45, 2.75) is 111 Å². The van der Waals surface area contributed by atoms with E-state index in [1.54, 1.807) is 63.2 Å². The molecule has 0 radical (unpaired) electrons. The number of hydrogen-bond acceptors (Lipinski definition) is 14. The molecule has 0 fully saturated rings. The van der Waals surface area contributed by atoms with E-state index in [9.17, 15) is 34.0 Å². The van der Waals surface area contributed by atoms with Crippen LogP contribution in [-0.2, 0) is 25.6 Å². The van der Waals surface area contributed by atoms with Gasteiger partial charge in [-0.1, -0.05) is 138 Å². The number of nitriles is 1. The predicted molar refractivity (Wildman–Crippen MR) is 455 cm³/mol. The first-order valence-corrected chi connectivity index (χ1v) is 42.9. The summed E-state index contributed by atoms with van der Waals surface area (Å²) >= 11 is 11.1. The number of aromatic nitrogens is 2. The molecule has 10 rings (SSSR count). The fourth-order valence-electron chi connectivity index (χ4n) is 13.1. The first kappa shape index (κ1) is 87.0. The van der Waals surface area contributed by atoms with Gasteiger partial charge < -0.3 is 36.9 Å². The van der Waals surface area contributed by atoms with E-state index in [0.717, 1.165) is 51.8 Å². The molecule has 4 bridgehead atoms. The maximum Gasteiger partial charge on any atom is 0.150 e. The van der Waals surface area contributed by atoms with Gasteiger partial charge in [-0.25, -0.2) is 9.97 Å². The molecule has 9 aromatic rings. The number of carbonyl (C=O) groups is 6. The van der Waals surface area contributed by atoms with Crippen molar-refractivity contribution in [3.8, 4) is 40.1 Å². The number of ether oxygens (including phenoxy) is 2. The summed E-state index contributed by atoms with van der Waals surface area (Å²) in [4.78, 5) is 91.9. The number of aryl methyl sites for hydroxylation is 2. The third-order valence-corrected chi connectivity index (χ3v) is 29.8. The van der Waals surface area contributed by atoms with Gasteiger partial charge in [0.25, 0.3) is 0 Å². The molecule has 570 valence electrons.